The number of benzene rings is 2. The van der Waals surface area contributed by atoms with Gasteiger partial charge in [0.1, 0.15) is 5.82 Å². The van der Waals surface area contributed by atoms with Crippen LogP contribution in [0.5, 0.6) is 0 Å². The number of amides is 3. The van der Waals surface area contributed by atoms with Crippen LogP contribution in [0.1, 0.15) is 65.9 Å². The van der Waals surface area contributed by atoms with Gasteiger partial charge in [-0.05, 0) is 57.5 Å². The predicted octanol–water partition coefficient (Wildman–Crippen LogP) is 4.47. The van der Waals surface area contributed by atoms with Gasteiger partial charge in [0.15, 0.2) is 11.6 Å². The maximum absolute atomic E-state index is 14.7. The molecule has 0 bridgehead atoms. The fourth-order valence-electron chi connectivity index (χ4n) is 4.73. The van der Waals surface area contributed by atoms with Crippen LogP contribution in [-0.4, -0.2) is 82.5 Å². The molecule has 0 radical (unpaired) electrons. The molecule has 1 N–H and O–H groups in total. The third-order valence-corrected chi connectivity index (χ3v) is 6.74. The first-order chi connectivity index (χ1) is 18.7. The molecule has 12 heteroatoms. The molecular formula is C28H32F3N3O6. The molecule has 3 rings (SSSR count). The topological polar surface area (TPSA) is 107 Å². The van der Waals surface area contributed by atoms with Crippen LogP contribution in [0.15, 0.2) is 36.4 Å². The van der Waals surface area contributed by atoms with E-state index in [1.165, 1.54) is 36.3 Å². The second kappa shape index (κ2) is 12.4. The molecule has 1 heterocycles. The number of nitrogens with zero attached hydrogens (tertiary/aromatic N) is 3. The van der Waals surface area contributed by atoms with Crippen molar-refractivity contribution in [1.82, 2.24) is 14.7 Å². The Morgan fingerprint density at radius 1 is 0.900 bits per heavy atom. The van der Waals surface area contributed by atoms with Crippen molar-refractivity contribution in [2.24, 2.45) is 0 Å². The number of carboxylic acid groups (broad SMARTS) is 1. The standard InChI is InChI=1S/C28H32F3N3O6/c1-28(2,3)34(27(38)39)23(19-15-21(30)22(31)16-20(19)29)9-10-24(35)32-11-13-33(14-12-32)25(36)17-5-7-18(8-6-17)26(37)40-4/h5-8,15-16,23H,9-14H2,1-4H3,(H,38,39). The van der Waals surface area contributed by atoms with Gasteiger partial charge >= 0.3 is 12.1 Å². The van der Waals surface area contributed by atoms with E-state index in [2.05, 4.69) is 4.74 Å². The van der Waals surface area contributed by atoms with Gasteiger partial charge < -0.3 is 19.6 Å². The van der Waals surface area contributed by atoms with Crippen molar-refractivity contribution in [1.29, 1.82) is 0 Å². The minimum atomic E-state index is -1.40. The Bertz CT molecular complexity index is 1270. The Morgan fingerprint density at radius 2 is 1.43 bits per heavy atom. The van der Waals surface area contributed by atoms with Crippen molar-refractivity contribution in [2.75, 3.05) is 33.3 Å². The van der Waals surface area contributed by atoms with Crippen LogP contribution in [-0.2, 0) is 9.53 Å². The van der Waals surface area contributed by atoms with Crippen molar-refractivity contribution >= 4 is 23.9 Å². The Labute approximate surface area is 230 Å². The zero-order chi connectivity index (χ0) is 29.8. The fourth-order valence-corrected chi connectivity index (χ4v) is 4.73. The summed E-state index contributed by atoms with van der Waals surface area (Å²) in [7, 11) is 1.26. The first kappa shape index (κ1) is 30.5. The molecule has 2 aromatic rings. The monoisotopic (exact) mass is 563 g/mol. The SMILES string of the molecule is COC(=O)c1ccc(C(=O)N2CCN(C(=O)CCC(c3cc(F)c(F)cc3F)N(C(=O)O)C(C)(C)C)CC2)cc1. The molecule has 216 valence electrons. The molecule has 0 aliphatic carbocycles. The summed E-state index contributed by atoms with van der Waals surface area (Å²) < 4.78 is 47.0. The van der Waals surface area contributed by atoms with Crippen LogP contribution in [0, 0.1) is 17.5 Å². The smallest absolute Gasteiger partial charge is 0.408 e. The van der Waals surface area contributed by atoms with Gasteiger partial charge in [0.25, 0.3) is 5.91 Å². The van der Waals surface area contributed by atoms with Crippen LogP contribution in [0.25, 0.3) is 0 Å². The van der Waals surface area contributed by atoms with Crippen LogP contribution < -0.4 is 0 Å². The molecule has 1 unspecified atom stereocenters. The number of rotatable bonds is 7. The lowest BCUT2D eigenvalue weighted by Crippen LogP contribution is -2.51. The lowest BCUT2D eigenvalue weighted by molar-refractivity contribution is -0.133. The quantitative estimate of drug-likeness (QED) is 0.394. The van der Waals surface area contributed by atoms with E-state index >= 15 is 0 Å². The predicted molar refractivity (Wildman–Crippen MR) is 138 cm³/mol. The number of ether oxygens (including phenoxy) is 1. The van der Waals surface area contributed by atoms with Crippen LogP contribution in [0.3, 0.4) is 0 Å². The maximum atomic E-state index is 14.7. The fraction of sp³-hybridized carbons (Fsp3) is 0.429. The van der Waals surface area contributed by atoms with Gasteiger partial charge in [0.05, 0.1) is 18.7 Å². The molecule has 0 spiro atoms. The van der Waals surface area contributed by atoms with E-state index in [1.54, 1.807) is 25.7 Å². The minimum Gasteiger partial charge on any atom is -0.465 e. The highest BCUT2D eigenvalue weighted by Crippen LogP contribution is 2.35. The van der Waals surface area contributed by atoms with Gasteiger partial charge in [-0.25, -0.2) is 22.8 Å². The number of hydrogen-bond acceptors (Lipinski definition) is 5. The second-order valence-electron chi connectivity index (χ2n) is 10.4. The van der Waals surface area contributed by atoms with Crippen molar-refractivity contribution < 1.29 is 42.2 Å². The maximum Gasteiger partial charge on any atom is 0.408 e. The molecule has 1 aliphatic heterocycles. The number of esters is 1. The van der Waals surface area contributed by atoms with Crippen molar-refractivity contribution in [3.63, 3.8) is 0 Å². The number of halogens is 3. The summed E-state index contributed by atoms with van der Waals surface area (Å²) in [6, 6.07) is 5.75. The van der Waals surface area contributed by atoms with Gasteiger partial charge in [-0.3, -0.25) is 14.5 Å². The molecule has 40 heavy (non-hydrogen) atoms. The normalized spacial score (nSPS) is 14.5. The lowest BCUT2D eigenvalue weighted by Gasteiger charge is -2.40. The molecule has 1 fully saturated rings. The van der Waals surface area contributed by atoms with Crippen LogP contribution in [0.4, 0.5) is 18.0 Å². The minimum absolute atomic E-state index is 0.171. The summed E-state index contributed by atoms with van der Waals surface area (Å²) in [6.07, 6.45) is -1.76. The van der Waals surface area contributed by atoms with E-state index in [4.69, 9.17) is 0 Å². The highest BCUT2D eigenvalue weighted by atomic mass is 19.2. The first-order valence-electron chi connectivity index (χ1n) is 12.7. The molecular weight excluding hydrogens is 531 g/mol. The molecule has 1 aliphatic rings. The van der Waals surface area contributed by atoms with Gasteiger partial charge in [0, 0.05) is 55.3 Å². The highest BCUT2D eigenvalue weighted by molar-refractivity contribution is 5.96. The molecule has 0 aromatic heterocycles. The number of carbonyl (C=O) groups is 4. The van der Waals surface area contributed by atoms with Gasteiger partial charge in [-0.1, -0.05) is 0 Å². The number of hydrogen-bond donors (Lipinski definition) is 1. The molecule has 3 amide bonds. The van der Waals surface area contributed by atoms with Crippen LogP contribution >= 0.6 is 0 Å². The third kappa shape index (κ3) is 6.91. The Morgan fingerprint density at radius 3 is 1.95 bits per heavy atom. The van der Waals surface area contributed by atoms with Gasteiger partial charge in [-0.15, -0.1) is 0 Å². The molecule has 9 nitrogen and oxygen atoms in total. The van der Waals surface area contributed by atoms with E-state index in [0.717, 1.165) is 4.90 Å². The first-order valence-corrected chi connectivity index (χ1v) is 12.7. The molecule has 2 aromatic carbocycles. The summed E-state index contributed by atoms with van der Waals surface area (Å²) >= 11 is 0. The Hall–Kier alpha value is -4.09. The Balaban J connectivity index is 1.68. The number of piperazine rings is 1. The summed E-state index contributed by atoms with van der Waals surface area (Å²) in [5.41, 5.74) is -0.723. The van der Waals surface area contributed by atoms with Gasteiger partial charge in [-0.2, -0.15) is 0 Å². The zero-order valence-electron chi connectivity index (χ0n) is 22.7. The van der Waals surface area contributed by atoms with Crippen molar-refractivity contribution in [3.05, 3.63) is 70.5 Å². The van der Waals surface area contributed by atoms with E-state index in [1.807, 2.05) is 0 Å². The highest BCUT2D eigenvalue weighted by Gasteiger charge is 2.37. The molecule has 1 saturated heterocycles. The van der Waals surface area contributed by atoms with Crippen molar-refractivity contribution in [3.8, 4) is 0 Å². The molecule has 0 saturated carbocycles. The second-order valence-corrected chi connectivity index (χ2v) is 10.4. The third-order valence-electron chi connectivity index (χ3n) is 6.74. The summed E-state index contributed by atoms with van der Waals surface area (Å²) in [4.78, 5) is 53.7. The van der Waals surface area contributed by atoms with Crippen molar-refractivity contribution in [2.45, 2.75) is 45.2 Å². The van der Waals surface area contributed by atoms with E-state index in [9.17, 15) is 37.5 Å². The van der Waals surface area contributed by atoms with Crippen LogP contribution in [0.2, 0.25) is 0 Å². The number of methoxy groups -OCH3 is 1. The summed E-state index contributed by atoms with van der Waals surface area (Å²) in [5, 5.41) is 9.88. The average Bonchev–Trinajstić information content (AvgIpc) is 2.91. The van der Waals surface area contributed by atoms with Gasteiger partial charge in [0.2, 0.25) is 5.91 Å². The average molecular weight is 564 g/mol. The Kier molecular flexibility index (Phi) is 9.44. The molecule has 1 atom stereocenters. The lowest BCUT2D eigenvalue weighted by atomic mass is 9.94. The van der Waals surface area contributed by atoms with E-state index in [0.29, 0.717) is 23.3 Å². The van der Waals surface area contributed by atoms with E-state index in [-0.39, 0.29) is 56.4 Å². The summed E-state index contributed by atoms with van der Waals surface area (Å²) in [5.74, 6) is -4.97. The number of carbonyl (C=O) groups excluding carboxylic acids is 3. The largest absolute Gasteiger partial charge is 0.465 e. The zero-order valence-corrected chi connectivity index (χ0v) is 22.7. The summed E-state index contributed by atoms with van der Waals surface area (Å²) in [6.45, 7) is 5.66. The van der Waals surface area contributed by atoms with E-state index < -0.39 is 41.1 Å².